The maximum absolute atomic E-state index is 10.4. The molecule has 0 unspecified atom stereocenters. The summed E-state index contributed by atoms with van der Waals surface area (Å²) >= 11 is 0. The summed E-state index contributed by atoms with van der Waals surface area (Å²) in [5, 5.41) is 20.5. The fourth-order valence-corrected chi connectivity index (χ4v) is 0.987. The van der Waals surface area contributed by atoms with Gasteiger partial charge in [0.25, 0.3) is 11.9 Å². The molecule has 0 radical (unpaired) electrons. The molecule has 78 valence electrons. The lowest BCUT2D eigenvalue weighted by molar-refractivity contribution is -0.401. The van der Waals surface area contributed by atoms with E-state index in [2.05, 4.69) is 0 Å². The molecule has 0 spiro atoms. The first-order valence-corrected chi connectivity index (χ1v) is 3.86. The van der Waals surface area contributed by atoms with Gasteiger partial charge in [0.15, 0.2) is 0 Å². The molecule has 0 atom stereocenters. The van der Waals surface area contributed by atoms with E-state index in [4.69, 9.17) is 5.73 Å². The van der Waals surface area contributed by atoms with E-state index >= 15 is 0 Å². The maximum atomic E-state index is 10.4. The molecule has 1 aromatic carbocycles. The second kappa shape index (κ2) is 4.18. The molecule has 0 amide bonds. The largest absolute Gasteiger partial charge is 0.393 e. The fraction of sp³-hybridized carbons (Fsp3) is 0. The van der Waals surface area contributed by atoms with E-state index < -0.39 is 9.85 Å². The van der Waals surface area contributed by atoms with Crippen LogP contribution in [0.5, 0.6) is 0 Å². The van der Waals surface area contributed by atoms with Gasteiger partial charge in [-0.2, -0.15) is 0 Å². The van der Waals surface area contributed by atoms with Gasteiger partial charge in [-0.3, -0.25) is 20.2 Å². The molecule has 1 rings (SSSR count). The smallest absolute Gasteiger partial charge is 0.270 e. The van der Waals surface area contributed by atoms with Gasteiger partial charge in [-0.1, -0.05) is 12.1 Å². The van der Waals surface area contributed by atoms with Gasteiger partial charge in [-0.05, 0) is 0 Å². The number of benzene rings is 1. The first-order chi connectivity index (χ1) is 7.00. The quantitative estimate of drug-likeness (QED) is 0.592. The number of nitrogens with two attached hydrogens (primary N) is 1. The third-order valence-corrected chi connectivity index (χ3v) is 1.63. The summed E-state index contributed by atoms with van der Waals surface area (Å²) in [6.45, 7) is 0. The van der Waals surface area contributed by atoms with Crippen LogP contribution in [-0.2, 0) is 0 Å². The summed E-state index contributed by atoms with van der Waals surface area (Å²) < 4.78 is 0. The van der Waals surface area contributed by atoms with Crippen LogP contribution < -0.4 is 5.73 Å². The second-order valence-corrected chi connectivity index (χ2v) is 2.68. The number of nitro benzene ring substituents is 1. The Bertz CT molecular complexity index is 441. The standard InChI is InChI=1S/C8H7N3O4/c9-8(5-10(12)13)6-2-1-3-7(4-6)11(14)15/h1-5H,9H2/b8-5-. The number of nitro groups is 2. The summed E-state index contributed by atoms with van der Waals surface area (Å²) in [5.74, 6) is 0. The van der Waals surface area contributed by atoms with Gasteiger partial charge in [-0.15, -0.1) is 0 Å². The summed E-state index contributed by atoms with van der Waals surface area (Å²) in [6, 6.07) is 5.33. The Morgan fingerprint density at radius 3 is 2.53 bits per heavy atom. The topological polar surface area (TPSA) is 112 Å². The molecule has 7 heteroatoms. The second-order valence-electron chi connectivity index (χ2n) is 2.68. The van der Waals surface area contributed by atoms with Crippen molar-refractivity contribution in [1.82, 2.24) is 0 Å². The summed E-state index contributed by atoms with van der Waals surface area (Å²) in [5.41, 5.74) is 5.33. The molecule has 0 saturated heterocycles. The molecule has 0 aliphatic heterocycles. The van der Waals surface area contributed by atoms with Crippen molar-refractivity contribution in [1.29, 1.82) is 0 Å². The molecule has 0 heterocycles. The number of nitrogens with zero attached hydrogens (tertiary/aromatic N) is 2. The zero-order valence-corrected chi connectivity index (χ0v) is 7.49. The number of hydrogen-bond donors (Lipinski definition) is 1. The average Bonchev–Trinajstić information content (AvgIpc) is 2.17. The molecule has 2 N–H and O–H groups in total. The van der Waals surface area contributed by atoms with Crippen molar-refractivity contribution in [2.75, 3.05) is 0 Å². The fourth-order valence-electron chi connectivity index (χ4n) is 0.987. The van der Waals surface area contributed by atoms with Crippen molar-refractivity contribution in [3.05, 3.63) is 56.3 Å². The van der Waals surface area contributed by atoms with Crippen molar-refractivity contribution >= 4 is 11.4 Å². The molecule has 0 bridgehead atoms. The van der Waals surface area contributed by atoms with E-state index in [0.29, 0.717) is 6.20 Å². The average molecular weight is 209 g/mol. The highest BCUT2D eigenvalue weighted by Crippen LogP contribution is 2.16. The van der Waals surface area contributed by atoms with Crippen LogP contribution in [0.4, 0.5) is 5.69 Å². The summed E-state index contributed by atoms with van der Waals surface area (Å²) in [6.07, 6.45) is 0.596. The lowest BCUT2D eigenvalue weighted by Gasteiger charge is -1.97. The van der Waals surface area contributed by atoms with E-state index in [1.54, 1.807) is 0 Å². The minimum absolute atomic E-state index is 0.122. The molecule has 7 nitrogen and oxygen atoms in total. The SMILES string of the molecule is N/C(=C\[N+](=O)[O-])c1cccc([N+](=O)[O-])c1. The van der Waals surface area contributed by atoms with Gasteiger partial charge in [0.2, 0.25) is 0 Å². The van der Waals surface area contributed by atoms with Crippen LogP contribution in [-0.4, -0.2) is 9.85 Å². The zero-order chi connectivity index (χ0) is 11.4. The van der Waals surface area contributed by atoms with Crippen LogP contribution in [0.1, 0.15) is 5.56 Å². The molecule has 0 aromatic heterocycles. The van der Waals surface area contributed by atoms with Gasteiger partial charge < -0.3 is 5.73 Å². The van der Waals surface area contributed by atoms with Gasteiger partial charge in [0.05, 0.1) is 9.85 Å². The van der Waals surface area contributed by atoms with E-state index in [0.717, 1.165) is 0 Å². The minimum atomic E-state index is -0.714. The Balaban J connectivity index is 3.11. The molecular formula is C8H7N3O4. The molecule has 0 aliphatic rings. The van der Waals surface area contributed by atoms with Crippen molar-refractivity contribution in [2.24, 2.45) is 5.73 Å². The van der Waals surface area contributed by atoms with E-state index in [1.165, 1.54) is 24.3 Å². The van der Waals surface area contributed by atoms with Crippen LogP contribution in [0, 0.1) is 20.2 Å². The van der Waals surface area contributed by atoms with Crippen LogP contribution >= 0.6 is 0 Å². The van der Waals surface area contributed by atoms with Gasteiger partial charge >= 0.3 is 0 Å². The first kappa shape index (κ1) is 10.6. The third-order valence-electron chi connectivity index (χ3n) is 1.63. The predicted octanol–water partition coefficient (Wildman–Crippen LogP) is 1.13. The lowest BCUT2D eigenvalue weighted by Crippen LogP contribution is -2.00. The van der Waals surface area contributed by atoms with Crippen LogP contribution in [0.3, 0.4) is 0 Å². The Morgan fingerprint density at radius 2 is 2.00 bits per heavy atom. The lowest BCUT2D eigenvalue weighted by atomic mass is 10.1. The molecule has 0 aliphatic carbocycles. The van der Waals surface area contributed by atoms with E-state index in [9.17, 15) is 20.2 Å². The minimum Gasteiger partial charge on any atom is -0.393 e. The van der Waals surface area contributed by atoms with Crippen LogP contribution in [0.2, 0.25) is 0 Å². The highest BCUT2D eigenvalue weighted by Gasteiger charge is 2.08. The van der Waals surface area contributed by atoms with Crippen LogP contribution in [0.25, 0.3) is 5.70 Å². The van der Waals surface area contributed by atoms with Gasteiger partial charge in [0.1, 0.15) is 5.70 Å². The molecule has 0 fully saturated rings. The van der Waals surface area contributed by atoms with Crippen molar-refractivity contribution in [3.63, 3.8) is 0 Å². The van der Waals surface area contributed by atoms with Crippen LogP contribution in [0.15, 0.2) is 30.5 Å². The van der Waals surface area contributed by atoms with Crippen molar-refractivity contribution < 1.29 is 9.85 Å². The molecule has 0 saturated carbocycles. The van der Waals surface area contributed by atoms with E-state index in [1.807, 2.05) is 0 Å². The predicted molar refractivity (Wildman–Crippen MR) is 52.3 cm³/mol. The normalized spacial score (nSPS) is 11.1. The number of rotatable bonds is 3. The monoisotopic (exact) mass is 209 g/mol. The highest BCUT2D eigenvalue weighted by molar-refractivity contribution is 5.63. The van der Waals surface area contributed by atoms with Crippen molar-refractivity contribution in [3.8, 4) is 0 Å². The maximum Gasteiger partial charge on any atom is 0.270 e. The Hall–Kier alpha value is -2.44. The molecular weight excluding hydrogens is 202 g/mol. The number of non-ortho nitro benzene ring substituents is 1. The third kappa shape index (κ3) is 2.76. The Kier molecular flexibility index (Phi) is 2.97. The zero-order valence-electron chi connectivity index (χ0n) is 7.49. The molecule has 1 aromatic rings. The van der Waals surface area contributed by atoms with Gasteiger partial charge in [0, 0.05) is 17.7 Å². The Morgan fingerprint density at radius 1 is 1.33 bits per heavy atom. The van der Waals surface area contributed by atoms with E-state index in [-0.39, 0.29) is 16.9 Å². The summed E-state index contributed by atoms with van der Waals surface area (Å²) in [4.78, 5) is 19.2. The van der Waals surface area contributed by atoms with Crippen molar-refractivity contribution in [2.45, 2.75) is 0 Å². The number of hydrogen-bond acceptors (Lipinski definition) is 5. The Labute approximate surface area is 84.1 Å². The highest BCUT2D eigenvalue weighted by atomic mass is 16.6. The van der Waals surface area contributed by atoms with Gasteiger partial charge in [-0.25, -0.2) is 0 Å². The molecule has 15 heavy (non-hydrogen) atoms. The first-order valence-electron chi connectivity index (χ1n) is 3.86. The summed E-state index contributed by atoms with van der Waals surface area (Å²) in [7, 11) is 0.